The quantitative estimate of drug-likeness (QED) is 0.629. The summed E-state index contributed by atoms with van der Waals surface area (Å²) < 4.78 is 11.5. The summed E-state index contributed by atoms with van der Waals surface area (Å²) in [4.78, 5) is 0. The summed E-state index contributed by atoms with van der Waals surface area (Å²) in [5, 5.41) is 3.24. The fourth-order valence-electron chi connectivity index (χ4n) is 3.08. The van der Waals surface area contributed by atoms with Crippen LogP contribution in [-0.4, -0.2) is 14.2 Å². The number of methoxy groups -OCH3 is 1. The third-order valence-corrected chi connectivity index (χ3v) is 4.65. The van der Waals surface area contributed by atoms with Crippen LogP contribution in [0, 0.1) is 13.8 Å². The molecule has 3 aromatic rings. The molecule has 0 fully saturated rings. The van der Waals surface area contributed by atoms with Gasteiger partial charge in [-0.3, -0.25) is 0 Å². The van der Waals surface area contributed by atoms with Crippen molar-refractivity contribution in [2.24, 2.45) is 0 Å². The summed E-state index contributed by atoms with van der Waals surface area (Å²) in [6.07, 6.45) is 0. The van der Waals surface area contributed by atoms with Gasteiger partial charge in [0, 0.05) is 18.3 Å². The van der Waals surface area contributed by atoms with E-state index in [4.69, 9.17) is 9.47 Å². The number of hydrogen-bond acceptors (Lipinski definition) is 3. The molecule has 0 atom stereocenters. The molecule has 3 heteroatoms. The Labute approximate surface area is 155 Å². The molecule has 0 unspecified atom stereocenters. The summed E-state index contributed by atoms with van der Waals surface area (Å²) in [6, 6.07) is 20.6. The van der Waals surface area contributed by atoms with Gasteiger partial charge in [-0.25, -0.2) is 0 Å². The highest BCUT2D eigenvalue weighted by Gasteiger charge is 2.08. The Morgan fingerprint density at radius 2 is 1.65 bits per heavy atom. The van der Waals surface area contributed by atoms with E-state index in [1.807, 2.05) is 31.3 Å². The van der Waals surface area contributed by atoms with Crippen LogP contribution in [0.1, 0.15) is 16.7 Å². The Morgan fingerprint density at radius 3 is 2.42 bits per heavy atom. The molecule has 0 saturated heterocycles. The lowest BCUT2D eigenvalue weighted by atomic mass is 10.00. The van der Waals surface area contributed by atoms with Crippen LogP contribution in [0.3, 0.4) is 0 Å². The number of ether oxygens (including phenoxy) is 2. The Kier molecular flexibility index (Phi) is 5.47. The minimum Gasteiger partial charge on any atom is -0.497 e. The normalized spacial score (nSPS) is 10.5. The second-order valence-electron chi connectivity index (χ2n) is 6.35. The van der Waals surface area contributed by atoms with Crippen LogP contribution < -0.4 is 14.8 Å². The molecule has 26 heavy (non-hydrogen) atoms. The molecular formula is C23H25NO2. The second-order valence-corrected chi connectivity index (χ2v) is 6.35. The first kappa shape index (κ1) is 17.9. The van der Waals surface area contributed by atoms with E-state index in [0.29, 0.717) is 6.61 Å². The first-order valence-electron chi connectivity index (χ1n) is 8.76. The fourth-order valence-corrected chi connectivity index (χ4v) is 3.08. The monoisotopic (exact) mass is 347 g/mol. The summed E-state index contributed by atoms with van der Waals surface area (Å²) in [5.41, 5.74) is 6.98. The zero-order valence-electron chi connectivity index (χ0n) is 15.8. The van der Waals surface area contributed by atoms with Gasteiger partial charge in [-0.15, -0.1) is 0 Å². The zero-order valence-corrected chi connectivity index (χ0v) is 15.8. The van der Waals surface area contributed by atoms with Crippen molar-refractivity contribution < 1.29 is 9.47 Å². The van der Waals surface area contributed by atoms with Gasteiger partial charge in [0.05, 0.1) is 7.11 Å². The molecule has 0 aromatic heterocycles. The molecule has 0 saturated carbocycles. The molecule has 3 nitrogen and oxygen atoms in total. The molecule has 0 radical (unpaired) electrons. The van der Waals surface area contributed by atoms with Gasteiger partial charge in [-0.2, -0.15) is 0 Å². The van der Waals surface area contributed by atoms with E-state index in [2.05, 4.69) is 55.6 Å². The van der Waals surface area contributed by atoms with Crippen LogP contribution in [0.5, 0.6) is 11.5 Å². The maximum absolute atomic E-state index is 6.12. The van der Waals surface area contributed by atoms with Gasteiger partial charge in [-0.05, 0) is 66.4 Å². The molecule has 0 spiro atoms. The lowest BCUT2D eigenvalue weighted by molar-refractivity contribution is 0.306. The SMILES string of the molecule is CNc1cccc(C)c1COc1ccc(C)c(-c2cccc(OC)c2)c1. The highest BCUT2D eigenvalue weighted by molar-refractivity contribution is 5.70. The predicted octanol–water partition coefficient (Wildman–Crippen LogP) is 5.60. The zero-order chi connectivity index (χ0) is 18.5. The Morgan fingerprint density at radius 1 is 0.846 bits per heavy atom. The van der Waals surface area contributed by atoms with Crippen molar-refractivity contribution in [3.05, 3.63) is 77.4 Å². The van der Waals surface area contributed by atoms with Crippen molar-refractivity contribution in [1.29, 1.82) is 0 Å². The molecule has 1 N–H and O–H groups in total. The molecular weight excluding hydrogens is 322 g/mol. The van der Waals surface area contributed by atoms with Crippen molar-refractivity contribution in [3.8, 4) is 22.6 Å². The van der Waals surface area contributed by atoms with Gasteiger partial charge in [-0.1, -0.05) is 30.3 Å². The molecule has 3 rings (SSSR count). The molecule has 3 aromatic carbocycles. The topological polar surface area (TPSA) is 30.5 Å². The van der Waals surface area contributed by atoms with Crippen LogP contribution in [0.15, 0.2) is 60.7 Å². The van der Waals surface area contributed by atoms with E-state index in [-0.39, 0.29) is 0 Å². The summed E-state index contributed by atoms with van der Waals surface area (Å²) >= 11 is 0. The Balaban J connectivity index is 1.86. The molecule has 0 aliphatic rings. The first-order valence-corrected chi connectivity index (χ1v) is 8.76. The summed E-state index contributed by atoms with van der Waals surface area (Å²) in [6.45, 7) is 4.75. The Bertz CT molecular complexity index is 902. The summed E-state index contributed by atoms with van der Waals surface area (Å²) in [7, 11) is 3.62. The minimum atomic E-state index is 0.531. The van der Waals surface area contributed by atoms with Crippen molar-refractivity contribution in [2.75, 3.05) is 19.5 Å². The maximum Gasteiger partial charge on any atom is 0.120 e. The molecule has 0 amide bonds. The van der Waals surface area contributed by atoms with Gasteiger partial charge in [0.15, 0.2) is 0 Å². The lowest BCUT2D eigenvalue weighted by Gasteiger charge is -2.15. The van der Waals surface area contributed by atoms with E-state index in [9.17, 15) is 0 Å². The van der Waals surface area contributed by atoms with Crippen LogP contribution in [0.4, 0.5) is 5.69 Å². The average molecular weight is 347 g/mol. The third-order valence-electron chi connectivity index (χ3n) is 4.65. The van der Waals surface area contributed by atoms with Crippen molar-refractivity contribution in [3.63, 3.8) is 0 Å². The molecule has 0 aliphatic heterocycles. The lowest BCUT2D eigenvalue weighted by Crippen LogP contribution is -2.03. The number of aryl methyl sites for hydroxylation is 2. The van der Waals surface area contributed by atoms with E-state index in [1.54, 1.807) is 7.11 Å². The van der Waals surface area contributed by atoms with E-state index >= 15 is 0 Å². The van der Waals surface area contributed by atoms with Gasteiger partial charge in [0.2, 0.25) is 0 Å². The van der Waals surface area contributed by atoms with Crippen molar-refractivity contribution >= 4 is 5.69 Å². The van der Waals surface area contributed by atoms with Gasteiger partial charge < -0.3 is 14.8 Å². The first-order chi connectivity index (χ1) is 12.6. The van der Waals surface area contributed by atoms with Gasteiger partial charge in [0.1, 0.15) is 18.1 Å². The van der Waals surface area contributed by atoms with Crippen molar-refractivity contribution in [2.45, 2.75) is 20.5 Å². The van der Waals surface area contributed by atoms with E-state index in [0.717, 1.165) is 28.3 Å². The fraction of sp³-hybridized carbons (Fsp3) is 0.217. The second kappa shape index (κ2) is 7.96. The molecule has 134 valence electrons. The predicted molar refractivity (Wildman–Crippen MR) is 108 cm³/mol. The van der Waals surface area contributed by atoms with E-state index in [1.165, 1.54) is 16.7 Å². The molecule has 0 aliphatic carbocycles. The van der Waals surface area contributed by atoms with E-state index < -0.39 is 0 Å². The number of hydrogen-bond donors (Lipinski definition) is 1. The highest BCUT2D eigenvalue weighted by atomic mass is 16.5. The van der Waals surface area contributed by atoms with Crippen LogP contribution in [0.2, 0.25) is 0 Å². The van der Waals surface area contributed by atoms with Crippen LogP contribution in [-0.2, 0) is 6.61 Å². The minimum absolute atomic E-state index is 0.531. The largest absolute Gasteiger partial charge is 0.497 e. The Hall–Kier alpha value is -2.94. The highest BCUT2D eigenvalue weighted by Crippen LogP contribution is 2.31. The summed E-state index contributed by atoms with van der Waals surface area (Å²) in [5.74, 6) is 1.71. The number of rotatable bonds is 6. The van der Waals surface area contributed by atoms with Crippen LogP contribution >= 0.6 is 0 Å². The maximum atomic E-state index is 6.12. The number of benzene rings is 3. The van der Waals surface area contributed by atoms with Crippen molar-refractivity contribution in [1.82, 2.24) is 0 Å². The standard InChI is InChI=1S/C23H25NO2/c1-16-7-5-10-23(24-3)22(16)15-26-20-12-11-17(2)21(14-20)18-8-6-9-19(13-18)25-4/h5-14,24H,15H2,1-4H3. The number of anilines is 1. The molecule has 0 heterocycles. The third kappa shape index (κ3) is 3.83. The van der Waals surface area contributed by atoms with Gasteiger partial charge in [0.25, 0.3) is 0 Å². The molecule has 0 bridgehead atoms. The number of nitrogens with one attached hydrogen (secondary N) is 1. The average Bonchev–Trinajstić information content (AvgIpc) is 2.68. The van der Waals surface area contributed by atoms with Crippen LogP contribution in [0.25, 0.3) is 11.1 Å². The smallest absolute Gasteiger partial charge is 0.120 e. The van der Waals surface area contributed by atoms with Gasteiger partial charge >= 0.3 is 0 Å².